The second kappa shape index (κ2) is 13.2. The van der Waals surface area contributed by atoms with Gasteiger partial charge in [0.25, 0.3) is 0 Å². The zero-order chi connectivity index (χ0) is 30.5. The van der Waals surface area contributed by atoms with Crippen LogP contribution in [0.1, 0.15) is 39.2 Å². The maximum atomic E-state index is 13.9. The molecule has 1 aliphatic heterocycles. The first-order valence-corrected chi connectivity index (χ1v) is 15.1. The quantitative estimate of drug-likeness (QED) is 0.164. The molecule has 0 radical (unpaired) electrons. The number of nitrogens with two attached hydrogens (primary N) is 1. The predicted octanol–water partition coefficient (Wildman–Crippen LogP) is 2.31. The Morgan fingerprint density at radius 3 is 2.64 bits per heavy atom. The molecule has 0 aliphatic carbocycles. The fourth-order valence-electron chi connectivity index (χ4n) is 4.52. The minimum atomic E-state index is -4.31. The molecule has 2 aromatic heterocycles. The number of nitrogens with one attached hydrogen (secondary N) is 1. The Bertz CT molecular complexity index is 1460. The van der Waals surface area contributed by atoms with Crippen LogP contribution in [-0.4, -0.2) is 68.1 Å². The standard InChI is InChI=1S/C27H35N6O8P/c1-4-18(5-2)13-38-25(36)17(3)32-42(37,41-20-9-7-6-8-10-20)39-14-21-23(34)24(35)27(15-28,40-21)19-11-22-30-16-31-26(29)33(22)12-19/h6-12,16-18,21,23-24,34-35H,4-5,13-14H2,1-3H3,(H,32,37)(H2,29,30,31)/t17?,21-,23-,24-,27+,42?/m1/s1. The van der Waals surface area contributed by atoms with Gasteiger partial charge in [0.1, 0.15) is 48.1 Å². The Morgan fingerprint density at radius 2 is 2.00 bits per heavy atom. The number of aliphatic hydroxyl groups excluding tert-OH is 2. The molecule has 1 aliphatic rings. The summed E-state index contributed by atoms with van der Waals surface area (Å²) < 4.78 is 37.8. The molecule has 0 amide bonds. The molecule has 3 heterocycles. The van der Waals surface area contributed by atoms with Crippen LogP contribution < -0.4 is 15.3 Å². The zero-order valence-electron chi connectivity index (χ0n) is 23.5. The van der Waals surface area contributed by atoms with E-state index in [2.05, 4.69) is 15.1 Å². The lowest BCUT2D eigenvalue weighted by atomic mass is 9.90. The number of hydrogen-bond acceptors (Lipinski definition) is 12. The van der Waals surface area contributed by atoms with E-state index >= 15 is 0 Å². The van der Waals surface area contributed by atoms with E-state index < -0.39 is 50.3 Å². The number of anilines is 1. The number of carbonyl (C=O) groups excluding carboxylic acids is 1. The van der Waals surface area contributed by atoms with Crippen molar-refractivity contribution in [1.29, 1.82) is 5.26 Å². The Hall–Kier alpha value is -3.57. The molecule has 14 nitrogen and oxygen atoms in total. The van der Waals surface area contributed by atoms with Gasteiger partial charge in [-0.2, -0.15) is 10.3 Å². The van der Waals surface area contributed by atoms with Gasteiger partial charge in [0.15, 0.2) is 0 Å². The minimum Gasteiger partial charge on any atom is -0.464 e. The molecule has 6 atom stereocenters. The fourth-order valence-corrected chi connectivity index (χ4v) is 6.02. The number of aliphatic hydroxyl groups is 2. The molecule has 1 fully saturated rings. The number of nitriles is 1. The van der Waals surface area contributed by atoms with Crippen LogP contribution in [0.3, 0.4) is 0 Å². The first kappa shape index (κ1) is 31.4. The van der Waals surface area contributed by atoms with Crippen molar-refractivity contribution < 1.29 is 38.1 Å². The highest BCUT2D eigenvalue weighted by atomic mass is 31.2. The number of carbonyl (C=O) groups is 1. The molecule has 0 spiro atoms. The van der Waals surface area contributed by atoms with Crippen LogP contribution in [0.2, 0.25) is 0 Å². The third-order valence-corrected chi connectivity index (χ3v) is 8.82. The number of esters is 1. The van der Waals surface area contributed by atoms with Crippen LogP contribution in [0.5, 0.6) is 5.75 Å². The van der Waals surface area contributed by atoms with Gasteiger partial charge in [-0.25, -0.2) is 14.5 Å². The second-order valence-electron chi connectivity index (χ2n) is 9.99. The van der Waals surface area contributed by atoms with Gasteiger partial charge in [-0.15, -0.1) is 0 Å². The van der Waals surface area contributed by atoms with E-state index in [1.165, 1.54) is 29.9 Å². The highest BCUT2D eigenvalue weighted by Gasteiger charge is 2.57. The van der Waals surface area contributed by atoms with E-state index in [-0.39, 0.29) is 29.8 Å². The zero-order valence-corrected chi connectivity index (χ0v) is 24.4. The monoisotopic (exact) mass is 602 g/mol. The highest BCUT2D eigenvalue weighted by molar-refractivity contribution is 7.52. The molecule has 0 saturated carbocycles. The second-order valence-corrected chi connectivity index (χ2v) is 11.7. The van der Waals surface area contributed by atoms with Gasteiger partial charge in [-0.3, -0.25) is 13.7 Å². The van der Waals surface area contributed by atoms with Crippen molar-refractivity contribution in [3.8, 4) is 11.8 Å². The summed E-state index contributed by atoms with van der Waals surface area (Å²) in [6.07, 6.45) is -0.322. The maximum absolute atomic E-state index is 13.9. The number of ether oxygens (including phenoxy) is 2. The first-order chi connectivity index (χ1) is 20.1. The van der Waals surface area contributed by atoms with E-state index in [1.807, 2.05) is 19.9 Å². The normalized spacial score (nSPS) is 24.3. The van der Waals surface area contributed by atoms with Gasteiger partial charge in [-0.1, -0.05) is 44.9 Å². The van der Waals surface area contributed by atoms with Gasteiger partial charge >= 0.3 is 13.7 Å². The minimum absolute atomic E-state index is 0.0879. The van der Waals surface area contributed by atoms with Crippen LogP contribution in [0.4, 0.5) is 5.95 Å². The van der Waals surface area contributed by atoms with E-state index in [1.54, 1.807) is 30.3 Å². The summed E-state index contributed by atoms with van der Waals surface area (Å²) in [6.45, 7) is 5.09. The number of hydrogen-bond donors (Lipinski definition) is 4. The topological polar surface area (TPSA) is 204 Å². The lowest BCUT2D eigenvalue weighted by Crippen LogP contribution is -2.40. The molecule has 5 N–H and O–H groups in total. The van der Waals surface area contributed by atoms with Crippen molar-refractivity contribution in [3.63, 3.8) is 0 Å². The van der Waals surface area contributed by atoms with Crippen LogP contribution in [0, 0.1) is 17.2 Å². The van der Waals surface area contributed by atoms with Crippen molar-refractivity contribution in [1.82, 2.24) is 19.5 Å². The average Bonchev–Trinajstić information content (AvgIpc) is 3.53. The van der Waals surface area contributed by atoms with Crippen molar-refractivity contribution in [2.24, 2.45) is 5.92 Å². The predicted molar refractivity (Wildman–Crippen MR) is 150 cm³/mol. The van der Waals surface area contributed by atoms with Crippen molar-refractivity contribution in [2.75, 3.05) is 18.9 Å². The number of nitrogens with zero attached hydrogens (tertiary/aromatic N) is 4. The van der Waals surface area contributed by atoms with Gasteiger partial charge < -0.3 is 29.9 Å². The average molecular weight is 603 g/mol. The number of aromatic nitrogens is 3. The summed E-state index contributed by atoms with van der Waals surface area (Å²) in [5, 5.41) is 34.5. The smallest absolute Gasteiger partial charge is 0.459 e. The third kappa shape index (κ3) is 6.57. The highest BCUT2D eigenvalue weighted by Crippen LogP contribution is 2.47. The van der Waals surface area contributed by atoms with Gasteiger partial charge in [-0.05, 0) is 31.0 Å². The molecule has 4 rings (SSSR count). The van der Waals surface area contributed by atoms with E-state index in [0.717, 1.165) is 12.8 Å². The summed E-state index contributed by atoms with van der Waals surface area (Å²) in [4.78, 5) is 20.6. The Kier molecular flexibility index (Phi) is 9.83. The molecule has 1 aromatic carbocycles. The van der Waals surface area contributed by atoms with E-state index in [0.29, 0.717) is 5.65 Å². The molecule has 2 unspecified atom stereocenters. The summed E-state index contributed by atoms with van der Waals surface area (Å²) >= 11 is 0. The summed E-state index contributed by atoms with van der Waals surface area (Å²) in [5.74, 6) is -0.185. The van der Waals surface area contributed by atoms with Gasteiger partial charge in [0.05, 0.1) is 13.2 Å². The van der Waals surface area contributed by atoms with Crippen LogP contribution in [0.15, 0.2) is 48.9 Å². The summed E-state index contributed by atoms with van der Waals surface area (Å²) in [5.41, 5.74) is 4.36. The molecule has 1 saturated heterocycles. The summed E-state index contributed by atoms with van der Waals surface area (Å²) in [7, 11) is -4.31. The van der Waals surface area contributed by atoms with E-state index in [4.69, 9.17) is 24.3 Å². The number of rotatable bonds is 13. The molecule has 15 heteroatoms. The Labute approximate surface area is 243 Å². The number of benzene rings is 1. The lowest BCUT2D eigenvalue weighted by Gasteiger charge is -2.25. The number of para-hydroxylation sites is 1. The molecule has 3 aromatic rings. The molecule has 42 heavy (non-hydrogen) atoms. The third-order valence-electron chi connectivity index (χ3n) is 7.18. The van der Waals surface area contributed by atoms with Crippen molar-refractivity contribution in [3.05, 3.63) is 54.5 Å². The van der Waals surface area contributed by atoms with Crippen LogP contribution in [0.25, 0.3) is 5.65 Å². The first-order valence-electron chi connectivity index (χ1n) is 13.5. The number of fused-ring (bicyclic) bond motifs is 1. The molecular weight excluding hydrogens is 567 g/mol. The van der Waals surface area contributed by atoms with Crippen molar-refractivity contribution >= 4 is 25.3 Å². The SMILES string of the molecule is CCC(CC)COC(=O)C(C)NP(=O)(OC[C@H]1O[C@@](C#N)(c2cc3ncnc(N)n3c2)[C@H](O)[C@@H]1O)Oc1ccccc1. The van der Waals surface area contributed by atoms with Gasteiger partial charge in [0.2, 0.25) is 11.5 Å². The van der Waals surface area contributed by atoms with Crippen molar-refractivity contribution in [2.45, 2.75) is 63.6 Å². The fraction of sp³-hybridized carbons (Fsp3) is 0.481. The molecule has 226 valence electrons. The van der Waals surface area contributed by atoms with Crippen LogP contribution in [-0.2, 0) is 29.0 Å². The number of nitrogen functional groups attached to an aromatic ring is 1. The maximum Gasteiger partial charge on any atom is 0.459 e. The Balaban J connectivity index is 1.52. The van der Waals surface area contributed by atoms with Gasteiger partial charge in [0, 0.05) is 11.8 Å². The van der Waals surface area contributed by atoms with Crippen LogP contribution >= 0.6 is 7.75 Å². The molecule has 0 bridgehead atoms. The Morgan fingerprint density at radius 1 is 1.29 bits per heavy atom. The summed E-state index contributed by atoms with van der Waals surface area (Å²) in [6, 6.07) is 10.5. The van der Waals surface area contributed by atoms with E-state index in [9.17, 15) is 24.8 Å². The lowest BCUT2D eigenvalue weighted by molar-refractivity contribution is -0.146. The molecular formula is C27H35N6O8P. The largest absolute Gasteiger partial charge is 0.464 e.